The molecule has 0 saturated heterocycles. The molecule has 0 aromatic heterocycles. The first-order chi connectivity index (χ1) is 16.5. The summed E-state index contributed by atoms with van der Waals surface area (Å²) in [5, 5.41) is 2.44. The lowest BCUT2D eigenvalue weighted by atomic mass is 10.2. The molecule has 176 valence electrons. The molecule has 2 amide bonds. The molecule has 0 aliphatic heterocycles. The van der Waals surface area contributed by atoms with Gasteiger partial charge in [-0.25, -0.2) is 0 Å². The number of rotatable bonds is 9. The number of carbonyl (C=O) groups excluding carboxylic acids is 2. The number of ether oxygens (including phenoxy) is 3. The Hall–Kier alpha value is -4.11. The van der Waals surface area contributed by atoms with Gasteiger partial charge in [0.05, 0.1) is 0 Å². The summed E-state index contributed by atoms with van der Waals surface area (Å²) in [6, 6.07) is 23.4. The van der Waals surface area contributed by atoms with Crippen LogP contribution < -0.4 is 30.4 Å². The summed E-state index contributed by atoms with van der Waals surface area (Å²) >= 11 is 5.04. The van der Waals surface area contributed by atoms with Gasteiger partial charge in [0.1, 0.15) is 30.5 Å². The second-order valence-corrected chi connectivity index (χ2v) is 7.50. The second kappa shape index (κ2) is 12.8. The lowest BCUT2D eigenvalue weighted by Gasteiger charge is -2.12. The van der Waals surface area contributed by atoms with E-state index < -0.39 is 11.8 Å². The summed E-state index contributed by atoms with van der Waals surface area (Å²) in [7, 11) is 0. The van der Waals surface area contributed by atoms with E-state index in [2.05, 4.69) is 16.2 Å². The third-order valence-electron chi connectivity index (χ3n) is 4.38. The number of amides is 2. The molecule has 0 unspecified atom stereocenters. The van der Waals surface area contributed by atoms with Crippen LogP contribution in [0.4, 0.5) is 0 Å². The lowest BCUT2D eigenvalue weighted by Crippen LogP contribution is -2.49. The Morgan fingerprint density at radius 2 is 1.41 bits per heavy atom. The maximum absolute atomic E-state index is 12.3. The maximum Gasteiger partial charge on any atom is 0.276 e. The Morgan fingerprint density at radius 3 is 2.09 bits per heavy atom. The van der Waals surface area contributed by atoms with Crippen molar-refractivity contribution in [3.05, 3.63) is 90.0 Å². The van der Waals surface area contributed by atoms with Crippen molar-refractivity contribution in [2.24, 2.45) is 0 Å². The topological polar surface area (TPSA) is 97.9 Å². The molecule has 3 N–H and O–H groups in total. The number of nitrogens with one attached hydrogen (secondary N) is 3. The van der Waals surface area contributed by atoms with E-state index >= 15 is 0 Å². The first-order valence-electron chi connectivity index (χ1n) is 10.5. The highest BCUT2D eigenvalue weighted by molar-refractivity contribution is 7.80. The zero-order chi connectivity index (χ0) is 24.2. The summed E-state index contributed by atoms with van der Waals surface area (Å²) in [5.41, 5.74) is 6.25. The molecule has 0 heterocycles. The molecule has 0 aliphatic rings. The van der Waals surface area contributed by atoms with Gasteiger partial charge in [-0.15, -0.1) is 0 Å². The van der Waals surface area contributed by atoms with E-state index in [0.717, 1.165) is 11.3 Å². The molecule has 3 rings (SSSR count). The molecule has 3 aromatic carbocycles. The summed E-state index contributed by atoms with van der Waals surface area (Å²) in [6.07, 6.45) is 0. The predicted molar refractivity (Wildman–Crippen MR) is 132 cm³/mol. The van der Waals surface area contributed by atoms with Gasteiger partial charge >= 0.3 is 0 Å². The van der Waals surface area contributed by atoms with Crippen LogP contribution in [-0.2, 0) is 4.79 Å². The molecule has 0 bridgehead atoms. The smallest absolute Gasteiger partial charge is 0.276 e. The molecule has 0 fully saturated rings. The number of thiocarbonyl (C=S) groups is 1. The van der Waals surface area contributed by atoms with Gasteiger partial charge in [-0.2, -0.15) is 0 Å². The molecule has 0 radical (unpaired) electrons. The van der Waals surface area contributed by atoms with Crippen LogP contribution >= 0.6 is 12.2 Å². The van der Waals surface area contributed by atoms with E-state index in [9.17, 15) is 9.59 Å². The van der Waals surface area contributed by atoms with Crippen LogP contribution in [0.5, 0.6) is 17.2 Å². The van der Waals surface area contributed by atoms with Gasteiger partial charge in [0.2, 0.25) is 0 Å². The number of hydrazine groups is 1. The molecular weight excluding hydrogens is 454 g/mol. The molecule has 34 heavy (non-hydrogen) atoms. The maximum atomic E-state index is 12.3. The minimum Gasteiger partial charge on any atom is -0.490 e. The fourth-order valence-corrected chi connectivity index (χ4v) is 2.91. The average Bonchev–Trinajstić information content (AvgIpc) is 2.85. The number of para-hydroxylation sites is 1. The number of hydrogen-bond donors (Lipinski definition) is 3. The van der Waals surface area contributed by atoms with Gasteiger partial charge < -0.3 is 14.2 Å². The normalized spacial score (nSPS) is 10.0. The number of benzene rings is 3. The van der Waals surface area contributed by atoms with E-state index in [1.54, 1.807) is 30.3 Å². The summed E-state index contributed by atoms with van der Waals surface area (Å²) in [6.45, 7) is 2.49. The number of hydrogen-bond acceptors (Lipinski definition) is 6. The van der Waals surface area contributed by atoms with Crippen LogP contribution in [0.25, 0.3) is 0 Å². The molecule has 0 atom stereocenters. The Bertz CT molecular complexity index is 1110. The third kappa shape index (κ3) is 8.44. The van der Waals surface area contributed by atoms with Crippen LogP contribution in [0.1, 0.15) is 15.9 Å². The Balaban J connectivity index is 1.33. The molecule has 0 saturated carbocycles. The van der Waals surface area contributed by atoms with Crippen LogP contribution in [0, 0.1) is 6.92 Å². The molecule has 3 aromatic rings. The van der Waals surface area contributed by atoms with Gasteiger partial charge in [-0.3, -0.25) is 25.8 Å². The predicted octanol–water partition coefficient (Wildman–Crippen LogP) is 3.17. The second-order valence-electron chi connectivity index (χ2n) is 7.10. The summed E-state index contributed by atoms with van der Waals surface area (Å²) in [4.78, 5) is 24.2. The fourth-order valence-electron chi connectivity index (χ4n) is 2.76. The highest BCUT2D eigenvalue weighted by atomic mass is 32.1. The van der Waals surface area contributed by atoms with Crippen molar-refractivity contribution in [1.29, 1.82) is 0 Å². The Morgan fingerprint density at radius 1 is 0.765 bits per heavy atom. The largest absolute Gasteiger partial charge is 0.490 e. The lowest BCUT2D eigenvalue weighted by molar-refractivity contribution is -0.123. The molecule has 0 aliphatic carbocycles. The number of carbonyl (C=O) groups is 2. The van der Waals surface area contributed by atoms with E-state index in [1.807, 2.05) is 55.5 Å². The van der Waals surface area contributed by atoms with Crippen LogP contribution in [0.15, 0.2) is 78.9 Å². The number of aryl methyl sites for hydroxylation is 1. The summed E-state index contributed by atoms with van der Waals surface area (Å²) < 4.78 is 16.6. The van der Waals surface area contributed by atoms with Crippen molar-refractivity contribution >= 4 is 29.1 Å². The SMILES string of the molecule is Cc1cccc(OCC(=O)NNC(=S)NC(=O)c2ccc(OCCOc3ccccc3)cc2)c1. The van der Waals surface area contributed by atoms with Gasteiger partial charge in [-0.1, -0.05) is 30.3 Å². The van der Waals surface area contributed by atoms with Crippen LogP contribution in [-0.4, -0.2) is 36.7 Å². The van der Waals surface area contributed by atoms with E-state index in [1.165, 1.54) is 0 Å². The average molecular weight is 480 g/mol. The Labute approximate surface area is 203 Å². The van der Waals surface area contributed by atoms with Crippen molar-refractivity contribution in [3.8, 4) is 17.2 Å². The van der Waals surface area contributed by atoms with Crippen LogP contribution in [0.3, 0.4) is 0 Å². The molecule has 9 heteroatoms. The molecule has 8 nitrogen and oxygen atoms in total. The zero-order valence-corrected chi connectivity index (χ0v) is 19.4. The standard InChI is InChI=1S/C25H25N3O5S/c1-18-6-5-9-22(16-18)33-17-23(29)27-28-25(34)26-24(30)19-10-12-21(13-11-19)32-15-14-31-20-7-3-2-4-8-20/h2-13,16H,14-15,17H2,1H3,(H,27,29)(H2,26,28,30,34). The van der Waals surface area contributed by atoms with Gasteiger partial charge in [0.15, 0.2) is 11.7 Å². The first-order valence-corrected chi connectivity index (χ1v) is 10.9. The van der Waals surface area contributed by atoms with E-state index in [0.29, 0.717) is 30.3 Å². The van der Waals surface area contributed by atoms with Crippen molar-refractivity contribution in [1.82, 2.24) is 16.2 Å². The highest BCUT2D eigenvalue weighted by Crippen LogP contribution is 2.13. The Kier molecular flexibility index (Phi) is 9.24. The van der Waals surface area contributed by atoms with Gasteiger partial charge in [-0.05, 0) is 73.2 Å². The zero-order valence-electron chi connectivity index (χ0n) is 18.6. The minimum atomic E-state index is -0.448. The van der Waals surface area contributed by atoms with Gasteiger partial charge in [0.25, 0.3) is 11.8 Å². The highest BCUT2D eigenvalue weighted by Gasteiger charge is 2.09. The summed E-state index contributed by atoms with van der Waals surface area (Å²) in [5.74, 6) is 1.09. The van der Waals surface area contributed by atoms with Crippen molar-refractivity contribution in [2.45, 2.75) is 6.92 Å². The quantitative estimate of drug-likeness (QED) is 0.246. The fraction of sp³-hybridized carbons (Fsp3) is 0.160. The monoisotopic (exact) mass is 479 g/mol. The van der Waals surface area contributed by atoms with Gasteiger partial charge in [0, 0.05) is 5.56 Å². The van der Waals surface area contributed by atoms with Crippen molar-refractivity contribution < 1.29 is 23.8 Å². The van der Waals surface area contributed by atoms with E-state index in [4.69, 9.17) is 26.4 Å². The van der Waals surface area contributed by atoms with Crippen LogP contribution in [0.2, 0.25) is 0 Å². The molecule has 0 spiro atoms. The van der Waals surface area contributed by atoms with Crippen molar-refractivity contribution in [3.63, 3.8) is 0 Å². The molecular formula is C25H25N3O5S. The first kappa shape index (κ1) is 24.5. The van der Waals surface area contributed by atoms with Crippen molar-refractivity contribution in [2.75, 3.05) is 19.8 Å². The van der Waals surface area contributed by atoms with E-state index in [-0.39, 0.29) is 11.7 Å². The minimum absolute atomic E-state index is 0.0488. The third-order valence-corrected chi connectivity index (χ3v) is 4.59.